The van der Waals surface area contributed by atoms with Crippen molar-refractivity contribution >= 4 is 29.1 Å². The van der Waals surface area contributed by atoms with Gasteiger partial charge in [0.2, 0.25) is 0 Å². The van der Waals surface area contributed by atoms with Crippen molar-refractivity contribution in [2.75, 3.05) is 23.4 Å². The van der Waals surface area contributed by atoms with Gasteiger partial charge in [0.25, 0.3) is 5.69 Å². The highest BCUT2D eigenvalue weighted by molar-refractivity contribution is 7.99. The normalized spacial score (nSPS) is 15.8. The lowest BCUT2D eigenvalue weighted by Gasteiger charge is -2.22. The number of hydrogen-bond acceptors (Lipinski definition) is 5. The third-order valence-corrected chi connectivity index (χ3v) is 4.41. The second kappa shape index (κ2) is 6.60. The van der Waals surface area contributed by atoms with Crippen molar-refractivity contribution in [3.8, 4) is 0 Å². The average Bonchev–Trinajstić information content (AvgIpc) is 2.45. The van der Waals surface area contributed by atoms with Gasteiger partial charge in [0.15, 0.2) is 0 Å². The Morgan fingerprint density at radius 2 is 2.15 bits per heavy atom. The van der Waals surface area contributed by atoms with Gasteiger partial charge in [-0.25, -0.2) is 4.79 Å². The molecular formula is C13H16N2O4S. The highest BCUT2D eigenvalue weighted by atomic mass is 32.2. The van der Waals surface area contributed by atoms with Crippen LogP contribution in [0.25, 0.3) is 0 Å². The maximum atomic E-state index is 11.0. The minimum atomic E-state index is -1.09. The van der Waals surface area contributed by atoms with Crippen molar-refractivity contribution in [2.24, 2.45) is 5.92 Å². The molecule has 0 amide bonds. The van der Waals surface area contributed by atoms with E-state index in [2.05, 4.69) is 5.32 Å². The van der Waals surface area contributed by atoms with Gasteiger partial charge >= 0.3 is 5.97 Å². The lowest BCUT2D eigenvalue weighted by atomic mass is 10.0. The van der Waals surface area contributed by atoms with Gasteiger partial charge in [0.05, 0.1) is 10.5 Å². The molecule has 1 aliphatic rings. The number of nitrogens with one attached hydrogen (secondary N) is 1. The van der Waals surface area contributed by atoms with Crippen LogP contribution >= 0.6 is 11.8 Å². The Kier molecular flexibility index (Phi) is 4.84. The van der Waals surface area contributed by atoms with Crippen LogP contribution in [0.3, 0.4) is 0 Å². The van der Waals surface area contributed by atoms with E-state index in [9.17, 15) is 14.9 Å². The van der Waals surface area contributed by atoms with Gasteiger partial charge in [-0.2, -0.15) is 11.8 Å². The summed E-state index contributed by atoms with van der Waals surface area (Å²) in [7, 11) is 0. The van der Waals surface area contributed by atoms with E-state index in [0.717, 1.165) is 24.3 Å². The summed E-state index contributed by atoms with van der Waals surface area (Å²) in [5.74, 6) is 1.63. The van der Waals surface area contributed by atoms with Gasteiger partial charge in [-0.1, -0.05) is 0 Å². The summed E-state index contributed by atoms with van der Waals surface area (Å²) in [6.45, 7) is 0.643. The highest BCUT2D eigenvalue weighted by Gasteiger charge is 2.19. The van der Waals surface area contributed by atoms with E-state index in [4.69, 9.17) is 5.11 Å². The first-order chi connectivity index (χ1) is 9.58. The Balaban J connectivity index is 2.12. The number of anilines is 1. The van der Waals surface area contributed by atoms with Gasteiger partial charge in [-0.15, -0.1) is 0 Å². The Bertz CT molecular complexity index is 515. The van der Waals surface area contributed by atoms with Crippen molar-refractivity contribution in [3.63, 3.8) is 0 Å². The molecule has 0 bridgehead atoms. The Hall–Kier alpha value is -1.76. The van der Waals surface area contributed by atoms with Crippen LogP contribution in [0.2, 0.25) is 0 Å². The van der Waals surface area contributed by atoms with E-state index in [-0.39, 0.29) is 16.9 Å². The van der Waals surface area contributed by atoms with E-state index < -0.39 is 10.9 Å². The van der Waals surface area contributed by atoms with Gasteiger partial charge < -0.3 is 10.4 Å². The average molecular weight is 296 g/mol. The van der Waals surface area contributed by atoms with E-state index in [1.165, 1.54) is 18.2 Å². The minimum absolute atomic E-state index is 0.0531. The molecule has 0 aromatic heterocycles. The molecule has 7 heteroatoms. The number of nitro benzene ring substituents is 1. The van der Waals surface area contributed by atoms with Crippen molar-refractivity contribution in [1.29, 1.82) is 0 Å². The summed E-state index contributed by atoms with van der Waals surface area (Å²) in [4.78, 5) is 21.4. The SMILES string of the molecule is O=C(O)c1ccc([N+](=O)[O-])c(NCC2CCSCC2)c1. The maximum absolute atomic E-state index is 11.0. The van der Waals surface area contributed by atoms with E-state index >= 15 is 0 Å². The number of rotatable bonds is 5. The molecule has 2 N–H and O–H groups in total. The van der Waals surface area contributed by atoms with Crippen molar-refractivity contribution in [3.05, 3.63) is 33.9 Å². The van der Waals surface area contributed by atoms with Crippen LogP contribution in [0, 0.1) is 16.0 Å². The first-order valence-corrected chi connectivity index (χ1v) is 7.56. The number of carboxylic acids is 1. The van der Waals surface area contributed by atoms with E-state index in [1.807, 2.05) is 11.8 Å². The zero-order chi connectivity index (χ0) is 14.5. The zero-order valence-corrected chi connectivity index (χ0v) is 11.7. The number of nitrogens with zero attached hydrogens (tertiary/aromatic N) is 1. The number of aromatic carboxylic acids is 1. The van der Waals surface area contributed by atoms with Gasteiger partial charge in [0, 0.05) is 12.6 Å². The Morgan fingerprint density at radius 1 is 1.45 bits per heavy atom. The van der Waals surface area contributed by atoms with Gasteiger partial charge in [0.1, 0.15) is 5.69 Å². The number of carbonyl (C=O) groups is 1. The van der Waals surface area contributed by atoms with E-state index in [1.54, 1.807) is 0 Å². The number of carboxylic acid groups (broad SMARTS) is 1. The largest absolute Gasteiger partial charge is 0.478 e. The second-order valence-electron chi connectivity index (χ2n) is 4.73. The number of thioether (sulfide) groups is 1. The van der Waals surface area contributed by atoms with Crippen LogP contribution < -0.4 is 5.32 Å². The molecule has 20 heavy (non-hydrogen) atoms. The molecule has 1 heterocycles. The lowest BCUT2D eigenvalue weighted by Crippen LogP contribution is -2.19. The molecule has 0 saturated carbocycles. The molecule has 1 aliphatic heterocycles. The first kappa shape index (κ1) is 14.6. The molecular weight excluding hydrogens is 280 g/mol. The standard InChI is InChI=1S/C13H16N2O4S/c16-13(17)10-1-2-12(15(18)19)11(7-10)14-8-9-3-5-20-6-4-9/h1-2,7,9,14H,3-6,8H2,(H,16,17). The summed E-state index contributed by atoms with van der Waals surface area (Å²) in [6, 6.07) is 3.82. The fourth-order valence-electron chi connectivity index (χ4n) is 2.17. The Morgan fingerprint density at radius 3 is 2.75 bits per heavy atom. The summed E-state index contributed by atoms with van der Waals surface area (Å²) < 4.78 is 0. The van der Waals surface area contributed by atoms with Crippen LogP contribution in [-0.4, -0.2) is 34.0 Å². The molecule has 1 fully saturated rings. The van der Waals surface area contributed by atoms with Crippen LogP contribution in [0.5, 0.6) is 0 Å². The highest BCUT2D eigenvalue weighted by Crippen LogP contribution is 2.28. The third-order valence-electron chi connectivity index (χ3n) is 3.36. The van der Waals surface area contributed by atoms with Gasteiger partial charge in [-0.05, 0) is 42.4 Å². The predicted molar refractivity (Wildman–Crippen MR) is 78.6 cm³/mol. The minimum Gasteiger partial charge on any atom is -0.478 e. The fraction of sp³-hybridized carbons (Fsp3) is 0.462. The number of benzene rings is 1. The molecule has 0 unspecified atom stereocenters. The smallest absolute Gasteiger partial charge is 0.335 e. The summed E-state index contributed by atoms with van der Waals surface area (Å²) >= 11 is 1.92. The second-order valence-corrected chi connectivity index (χ2v) is 5.96. The maximum Gasteiger partial charge on any atom is 0.335 e. The zero-order valence-electron chi connectivity index (χ0n) is 10.9. The molecule has 108 valence electrons. The lowest BCUT2D eigenvalue weighted by molar-refractivity contribution is -0.384. The van der Waals surface area contributed by atoms with Crippen LogP contribution in [0.4, 0.5) is 11.4 Å². The fourth-order valence-corrected chi connectivity index (χ4v) is 3.38. The number of hydrogen-bond donors (Lipinski definition) is 2. The molecule has 6 nitrogen and oxygen atoms in total. The summed E-state index contributed by atoms with van der Waals surface area (Å²) in [5.41, 5.74) is 0.255. The van der Waals surface area contributed by atoms with Crippen LogP contribution in [0.15, 0.2) is 18.2 Å². The molecule has 0 spiro atoms. The monoisotopic (exact) mass is 296 g/mol. The summed E-state index contributed by atoms with van der Waals surface area (Å²) in [5, 5.41) is 23.0. The van der Waals surface area contributed by atoms with Crippen molar-refractivity contribution in [1.82, 2.24) is 0 Å². The van der Waals surface area contributed by atoms with E-state index in [0.29, 0.717) is 12.5 Å². The van der Waals surface area contributed by atoms with Crippen molar-refractivity contribution in [2.45, 2.75) is 12.8 Å². The summed E-state index contributed by atoms with van der Waals surface area (Å²) in [6.07, 6.45) is 2.17. The molecule has 1 saturated heterocycles. The van der Waals surface area contributed by atoms with Crippen LogP contribution in [0.1, 0.15) is 23.2 Å². The molecule has 0 aliphatic carbocycles. The molecule has 2 rings (SSSR count). The molecule has 1 aromatic carbocycles. The number of nitro groups is 1. The molecule has 0 radical (unpaired) electrons. The first-order valence-electron chi connectivity index (χ1n) is 6.41. The molecule has 0 atom stereocenters. The quantitative estimate of drug-likeness (QED) is 0.641. The van der Waals surface area contributed by atoms with Crippen LogP contribution in [-0.2, 0) is 0 Å². The van der Waals surface area contributed by atoms with Gasteiger partial charge in [-0.3, -0.25) is 10.1 Å². The predicted octanol–water partition coefficient (Wildman–Crippen LogP) is 2.85. The Labute approximate surface area is 120 Å². The topological polar surface area (TPSA) is 92.5 Å². The van der Waals surface area contributed by atoms with Crippen molar-refractivity contribution < 1.29 is 14.8 Å². The molecule has 1 aromatic rings. The third kappa shape index (κ3) is 3.63.